The largest absolute Gasteiger partial charge is 0.508 e. The molecule has 4 rings (SSSR count). The molecule has 0 bridgehead atoms. The molecule has 0 saturated carbocycles. The van der Waals surface area contributed by atoms with E-state index in [0.29, 0.717) is 16.2 Å². The number of allylic oxidation sites excluding steroid dienone is 2. The van der Waals surface area contributed by atoms with E-state index in [1.165, 1.54) is 28.8 Å². The first kappa shape index (κ1) is 16.8. The molecule has 1 amide bonds. The van der Waals surface area contributed by atoms with Gasteiger partial charge < -0.3 is 10.8 Å². The topological polar surface area (TPSA) is 114 Å². The standard InChI is InChI=1S/C20H12N4O2S/c21-9-14-17(11-5-7-12(25)8-6-11)15(10-22)20-24(18(14)23)19(26)13-3-1-2-4-16(13)27-20/h1-8,17,25H,23H2. The first-order valence-electron chi connectivity index (χ1n) is 8.01. The zero-order valence-corrected chi connectivity index (χ0v) is 14.7. The van der Waals surface area contributed by atoms with Crippen molar-refractivity contribution in [2.75, 3.05) is 0 Å². The van der Waals surface area contributed by atoms with Gasteiger partial charge in [0.05, 0.1) is 34.8 Å². The van der Waals surface area contributed by atoms with Gasteiger partial charge in [0.15, 0.2) is 0 Å². The van der Waals surface area contributed by atoms with Crippen LogP contribution in [0, 0.1) is 22.7 Å². The molecule has 2 aromatic rings. The number of aromatic hydroxyl groups is 1. The number of hydrogen-bond donors (Lipinski definition) is 2. The molecular weight excluding hydrogens is 360 g/mol. The van der Waals surface area contributed by atoms with E-state index in [-0.39, 0.29) is 28.6 Å². The van der Waals surface area contributed by atoms with Crippen molar-refractivity contribution in [1.29, 1.82) is 10.5 Å². The number of hydrogen-bond acceptors (Lipinski definition) is 6. The fraction of sp³-hybridized carbons (Fsp3) is 0.0500. The fourth-order valence-corrected chi connectivity index (χ4v) is 4.43. The number of carbonyl (C=O) groups is 1. The molecule has 7 heteroatoms. The lowest BCUT2D eigenvalue weighted by Gasteiger charge is -2.37. The lowest BCUT2D eigenvalue weighted by molar-refractivity contribution is 0.0841. The number of amides is 1. The maximum absolute atomic E-state index is 13.0. The second kappa shape index (κ2) is 6.24. The van der Waals surface area contributed by atoms with Crippen LogP contribution in [-0.2, 0) is 0 Å². The Bertz CT molecular complexity index is 1120. The molecule has 2 aliphatic rings. The summed E-state index contributed by atoms with van der Waals surface area (Å²) >= 11 is 1.28. The Morgan fingerprint density at radius 1 is 1.04 bits per heavy atom. The molecule has 0 aromatic heterocycles. The lowest BCUT2D eigenvalue weighted by atomic mass is 9.83. The van der Waals surface area contributed by atoms with Crippen LogP contribution in [0.1, 0.15) is 21.8 Å². The van der Waals surface area contributed by atoms with E-state index in [9.17, 15) is 20.4 Å². The quantitative estimate of drug-likeness (QED) is 0.795. The van der Waals surface area contributed by atoms with Gasteiger partial charge in [-0.2, -0.15) is 10.5 Å². The van der Waals surface area contributed by atoms with Crippen molar-refractivity contribution in [3.63, 3.8) is 0 Å². The Labute approximate surface area is 159 Å². The highest BCUT2D eigenvalue weighted by Gasteiger charge is 2.42. The SMILES string of the molecule is N#CC1=C(N)N2C(=O)c3ccccc3SC2=C(C#N)C1c1ccc(O)cc1. The first-order chi connectivity index (χ1) is 13.1. The van der Waals surface area contributed by atoms with E-state index in [0.717, 1.165) is 4.90 Å². The number of carbonyl (C=O) groups excluding carboxylic acids is 1. The summed E-state index contributed by atoms with van der Waals surface area (Å²) < 4.78 is 0. The fourth-order valence-electron chi connectivity index (χ4n) is 3.26. The zero-order chi connectivity index (χ0) is 19.1. The molecule has 130 valence electrons. The number of fused-ring (bicyclic) bond motifs is 2. The molecule has 2 aliphatic heterocycles. The Kier molecular flexibility index (Phi) is 3.88. The van der Waals surface area contributed by atoms with Crippen LogP contribution in [0.2, 0.25) is 0 Å². The van der Waals surface area contributed by atoms with Crippen LogP contribution < -0.4 is 5.73 Å². The number of nitrogens with zero attached hydrogens (tertiary/aromatic N) is 3. The summed E-state index contributed by atoms with van der Waals surface area (Å²) in [7, 11) is 0. The van der Waals surface area contributed by atoms with Gasteiger partial charge in [-0.3, -0.25) is 9.69 Å². The number of phenols is 1. The van der Waals surface area contributed by atoms with Crippen molar-refractivity contribution in [1.82, 2.24) is 4.90 Å². The maximum atomic E-state index is 13.0. The molecule has 0 saturated heterocycles. The lowest BCUT2D eigenvalue weighted by Crippen LogP contribution is -2.40. The van der Waals surface area contributed by atoms with Crippen LogP contribution in [0.5, 0.6) is 5.75 Å². The van der Waals surface area contributed by atoms with E-state index in [1.807, 2.05) is 12.1 Å². The third kappa shape index (κ3) is 2.45. The van der Waals surface area contributed by atoms with Crippen molar-refractivity contribution in [3.8, 4) is 17.9 Å². The van der Waals surface area contributed by atoms with Gasteiger partial charge in [-0.25, -0.2) is 0 Å². The summed E-state index contributed by atoms with van der Waals surface area (Å²) in [5, 5.41) is 29.5. The molecule has 2 heterocycles. The van der Waals surface area contributed by atoms with Crippen LogP contribution in [0.25, 0.3) is 0 Å². The van der Waals surface area contributed by atoms with Crippen molar-refractivity contribution >= 4 is 17.7 Å². The first-order valence-corrected chi connectivity index (χ1v) is 8.82. The molecule has 6 nitrogen and oxygen atoms in total. The summed E-state index contributed by atoms with van der Waals surface area (Å²) in [5.74, 6) is -0.954. The smallest absolute Gasteiger partial charge is 0.265 e. The molecular formula is C20H12N4O2S. The van der Waals surface area contributed by atoms with E-state index < -0.39 is 5.92 Å². The predicted molar refractivity (Wildman–Crippen MR) is 98.8 cm³/mol. The Morgan fingerprint density at radius 3 is 2.37 bits per heavy atom. The van der Waals surface area contributed by atoms with E-state index >= 15 is 0 Å². The third-order valence-corrected chi connectivity index (χ3v) is 5.69. The van der Waals surface area contributed by atoms with Crippen LogP contribution in [0.15, 0.2) is 75.4 Å². The van der Waals surface area contributed by atoms with Crippen molar-refractivity contribution in [2.45, 2.75) is 10.8 Å². The normalized spacial score (nSPS) is 18.5. The van der Waals surface area contributed by atoms with Crippen LogP contribution in [0.4, 0.5) is 0 Å². The van der Waals surface area contributed by atoms with Gasteiger partial charge in [0, 0.05) is 4.90 Å². The second-order valence-corrected chi connectivity index (χ2v) is 7.04. The van der Waals surface area contributed by atoms with Crippen LogP contribution in [-0.4, -0.2) is 15.9 Å². The highest BCUT2D eigenvalue weighted by Crippen LogP contribution is 2.49. The molecule has 0 aliphatic carbocycles. The number of benzene rings is 2. The number of thioether (sulfide) groups is 1. The zero-order valence-electron chi connectivity index (χ0n) is 13.9. The molecule has 1 unspecified atom stereocenters. The molecule has 3 N–H and O–H groups in total. The summed E-state index contributed by atoms with van der Waals surface area (Å²) in [6, 6.07) is 17.6. The summed E-state index contributed by atoms with van der Waals surface area (Å²) in [6.45, 7) is 0. The van der Waals surface area contributed by atoms with Crippen molar-refractivity contribution < 1.29 is 9.90 Å². The Morgan fingerprint density at radius 2 is 1.70 bits per heavy atom. The van der Waals surface area contributed by atoms with Gasteiger partial charge in [0.1, 0.15) is 16.6 Å². The second-order valence-electron chi connectivity index (χ2n) is 6.00. The number of nitriles is 2. The maximum Gasteiger partial charge on any atom is 0.265 e. The summed E-state index contributed by atoms with van der Waals surface area (Å²) in [4.78, 5) is 15.0. The van der Waals surface area contributed by atoms with Gasteiger partial charge in [0.25, 0.3) is 5.91 Å². The highest BCUT2D eigenvalue weighted by atomic mass is 32.2. The Hall–Kier alpha value is -3.68. The van der Waals surface area contributed by atoms with Gasteiger partial charge >= 0.3 is 0 Å². The minimum atomic E-state index is -0.697. The minimum Gasteiger partial charge on any atom is -0.508 e. The number of phenolic OH excluding ortho intramolecular Hbond substituents is 1. The van der Waals surface area contributed by atoms with Crippen LogP contribution in [0.3, 0.4) is 0 Å². The predicted octanol–water partition coefficient (Wildman–Crippen LogP) is 3.17. The van der Waals surface area contributed by atoms with E-state index in [4.69, 9.17) is 5.73 Å². The molecule has 0 spiro atoms. The molecule has 0 radical (unpaired) electrons. The summed E-state index contributed by atoms with van der Waals surface area (Å²) in [5.41, 5.74) is 7.75. The number of rotatable bonds is 1. The Balaban J connectivity index is 1.98. The van der Waals surface area contributed by atoms with E-state index in [2.05, 4.69) is 12.1 Å². The number of nitrogens with two attached hydrogens (primary N) is 1. The van der Waals surface area contributed by atoms with Crippen molar-refractivity contribution in [3.05, 3.63) is 81.7 Å². The average Bonchev–Trinajstić information content (AvgIpc) is 2.68. The molecule has 1 atom stereocenters. The van der Waals surface area contributed by atoms with Gasteiger partial charge in [0.2, 0.25) is 0 Å². The monoisotopic (exact) mass is 372 g/mol. The van der Waals surface area contributed by atoms with E-state index in [1.54, 1.807) is 24.3 Å². The van der Waals surface area contributed by atoms with Crippen molar-refractivity contribution in [2.24, 2.45) is 5.73 Å². The third-order valence-electron chi connectivity index (χ3n) is 4.52. The molecule has 0 fully saturated rings. The van der Waals surface area contributed by atoms with Crippen LogP contribution >= 0.6 is 11.8 Å². The van der Waals surface area contributed by atoms with Gasteiger partial charge in [-0.1, -0.05) is 36.0 Å². The summed E-state index contributed by atoms with van der Waals surface area (Å²) in [6.07, 6.45) is 0. The molecule has 27 heavy (non-hydrogen) atoms. The van der Waals surface area contributed by atoms with Gasteiger partial charge in [-0.05, 0) is 29.8 Å². The minimum absolute atomic E-state index is 0.0246. The van der Waals surface area contributed by atoms with Gasteiger partial charge in [-0.15, -0.1) is 0 Å². The molecule has 2 aromatic carbocycles. The average molecular weight is 372 g/mol. The highest BCUT2D eigenvalue weighted by molar-refractivity contribution is 8.03.